The number of nitrogens with two attached hydrogens (primary N) is 2. The van der Waals surface area contributed by atoms with Crippen molar-refractivity contribution in [3.05, 3.63) is 58.8 Å². The molecule has 0 saturated carbocycles. The standard InChI is InChI=1S/C15H19N3/c1-3-11-4-6-12(7-5-11)14(16)13-8-10(2)9-18-15(13)17/h4-9,14H,3,16H2,1-2H3,(H2,17,18). The van der Waals surface area contributed by atoms with E-state index < -0.39 is 0 Å². The van der Waals surface area contributed by atoms with Crippen molar-refractivity contribution in [2.45, 2.75) is 26.3 Å². The van der Waals surface area contributed by atoms with Crippen LogP contribution in [0.15, 0.2) is 36.5 Å². The number of aromatic nitrogens is 1. The van der Waals surface area contributed by atoms with Crippen LogP contribution in [0.3, 0.4) is 0 Å². The van der Waals surface area contributed by atoms with Crippen molar-refractivity contribution >= 4 is 5.82 Å². The lowest BCUT2D eigenvalue weighted by atomic mass is 9.98. The van der Waals surface area contributed by atoms with Crippen LogP contribution in [0, 0.1) is 6.92 Å². The van der Waals surface area contributed by atoms with Crippen LogP contribution < -0.4 is 11.5 Å². The van der Waals surface area contributed by atoms with Crippen molar-refractivity contribution in [3.8, 4) is 0 Å². The second kappa shape index (κ2) is 5.19. The first-order valence-corrected chi connectivity index (χ1v) is 6.18. The topological polar surface area (TPSA) is 64.9 Å². The molecule has 1 unspecified atom stereocenters. The molecule has 0 aliphatic carbocycles. The highest BCUT2D eigenvalue weighted by Crippen LogP contribution is 2.24. The van der Waals surface area contributed by atoms with Crippen LogP contribution in [-0.4, -0.2) is 4.98 Å². The van der Waals surface area contributed by atoms with E-state index in [0.717, 1.165) is 23.1 Å². The summed E-state index contributed by atoms with van der Waals surface area (Å²) in [5.74, 6) is 0.507. The van der Waals surface area contributed by atoms with Gasteiger partial charge in [0.15, 0.2) is 0 Å². The fourth-order valence-corrected chi connectivity index (χ4v) is 1.99. The smallest absolute Gasteiger partial charge is 0.128 e. The number of rotatable bonds is 3. The van der Waals surface area contributed by atoms with Gasteiger partial charge >= 0.3 is 0 Å². The number of hydrogen-bond acceptors (Lipinski definition) is 3. The van der Waals surface area contributed by atoms with E-state index in [4.69, 9.17) is 11.5 Å². The minimum Gasteiger partial charge on any atom is -0.383 e. The Kier molecular flexibility index (Phi) is 3.63. The van der Waals surface area contributed by atoms with Gasteiger partial charge < -0.3 is 11.5 Å². The van der Waals surface area contributed by atoms with E-state index in [1.165, 1.54) is 5.56 Å². The molecule has 1 aromatic heterocycles. The van der Waals surface area contributed by atoms with Gasteiger partial charge in [-0.2, -0.15) is 0 Å². The maximum atomic E-state index is 6.26. The van der Waals surface area contributed by atoms with Gasteiger partial charge in [0.2, 0.25) is 0 Å². The zero-order chi connectivity index (χ0) is 13.1. The summed E-state index contributed by atoms with van der Waals surface area (Å²) in [7, 11) is 0. The minimum absolute atomic E-state index is 0.219. The number of benzene rings is 1. The Morgan fingerprint density at radius 1 is 1.22 bits per heavy atom. The molecule has 0 aliphatic rings. The van der Waals surface area contributed by atoms with Crippen molar-refractivity contribution in [2.24, 2.45) is 5.73 Å². The van der Waals surface area contributed by atoms with Gasteiger partial charge in [0.1, 0.15) is 5.82 Å². The molecule has 0 saturated heterocycles. The molecule has 4 N–H and O–H groups in total. The number of nitrogens with zero attached hydrogens (tertiary/aromatic N) is 1. The van der Waals surface area contributed by atoms with Crippen LogP contribution in [0.5, 0.6) is 0 Å². The molecule has 0 aliphatic heterocycles. The van der Waals surface area contributed by atoms with E-state index in [9.17, 15) is 0 Å². The summed E-state index contributed by atoms with van der Waals surface area (Å²) in [5.41, 5.74) is 16.5. The van der Waals surface area contributed by atoms with Crippen LogP contribution in [-0.2, 0) is 6.42 Å². The quantitative estimate of drug-likeness (QED) is 0.868. The van der Waals surface area contributed by atoms with E-state index in [1.54, 1.807) is 6.20 Å². The molecule has 0 bridgehead atoms. The normalized spacial score (nSPS) is 12.4. The number of hydrogen-bond donors (Lipinski definition) is 2. The average molecular weight is 241 g/mol. The van der Waals surface area contributed by atoms with Crippen molar-refractivity contribution < 1.29 is 0 Å². The molecule has 1 atom stereocenters. The molecule has 3 heteroatoms. The molecule has 2 rings (SSSR count). The molecule has 1 aromatic carbocycles. The summed E-state index contributed by atoms with van der Waals surface area (Å²) in [6.07, 6.45) is 2.79. The molecule has 94 valence electrons. The molecular weight excluding hydrogens is 222 g/mol. The highest BCUT2D eigenvalue weighted by molar-refractivity contribution is 5.47. The summed E-state index contributed by atoms with van der Waals surface area (Å²) in [6.45, 7) is 4.13. The summed E-state index contributed by atoms with van der Waals surface area (Å²) in [6, 6.07) is 10.1. The third kappa shape index (κ3) is 2.51. The van der Waals surface area contributed by atoms with Gasteiger partial charge in [-0.15, -0.1) is 0 Å². The molecule has 0 fully saturated rings. The molecule has 0 spiro atoms. The Bertz CT molecular complexity index is 532. The maximum Gasteiger partial charge on any atom is 0.128 e. The fourth-order valence-electron chi connectivity index (χ4n) is 1.99. The van der Waals surface area contributed by atoms with Gasteiger partial charge in [-0.05, 0) is 36.1 Å². The first-order chi connectivity index (χ1) is 8.61. The van der Waals surface area contributed by atoms with Crippen molar-refractivity contribution in [3.63, 3.8) is 0 Å². The SMILES string of the molecule is CCc1ccc(C(N)c2cc(C)cnc2N)cc1. The van der Waals surface area contributed by atoms with Crippen LogP contribution in [0.1, 0.15) is 35.2 Å². The molecule has 0 radical (unpaired) electrons. The van der Waals surface area contributed by atoms with Gasteiger partial charge in [-0.1, -0.05) is 31.2 Å². The molecule has 2 aromatic rings. The van der Waals surface area contributed by atoms with E-state index in [2.05, 4.69) is 36.2 Å². The Balaban J connectivity index is 2.34. The number of anilines is 1. The maximum absolute atomic E-state index is 6.26. The van der Waals surface area contributed by atoms with E-state index in [-0.39, 0.29) is 6.04 Å². The monoisotopic (exact) mass is 241 g/mol. The van der Waals surface area contributed by atoms with Crippen LogP contribution in [0.2, 0.25) is 0 Å². The van der Waals surface area contributed by atoms with E-state index >= 15 is 0 Å². The predicted octanol–water partition coefficient (Wildman–Crippen LogP) is 2.58. The van der Waals surface area contributed by atoms with E-state index in [0.29, 0.717) is 5.82 Å². The van der Waals surface area contributed by atoms with Gasteiger partial charge in [0, 0.05) is 11.8 Å². The summed E-state index contributed by atoms with van der Waals surface area (Å²) >= 11 is 0. The lowest BCUT2D eigenvalue weighted by molar-refractivity contribution is 0.863. The molecule has 18 heavy (non-hydrogen) atoms. The second-order valence-corrected chi connectivity index (χ2v) is 4.56. The Hall–Kier alpha value is -1.87. The first kappa shape index (κ1) is 12.6. The van der Waals surface area contributed by atoms with Crippen LogP contribution in [0.25, 0.3) is 0 Å². The number of nitrogen functional groups attached to an aromatic ring is 1. The van der Waals surface area contributed by atoms with Crippen molar-refractivity contribution in [2.75, 3.05) is 5.73 Å². The molecule has 3 nitrogen and oxygen atoms in total. The average Bonchev–Trinajstić information content (AvgIpc) is 2.41. The molecule has 0 amide bonds. The highest BCUT2D eigenvalue weighted by Gasteiger charge is 2.13. The zero-order valence-corrected chi connectivity index (χ0v) is 10.9. The lowest BCUT2D eigenvalue weighted by Gasteiger charge is -2.15. The van der Waals surface area contributed by atoms with Gasteiger partial charge in [-0.3, -0.25) is 0 Å². The lowest BCUT2D eigenvalue weighted by Crippen LogP contribution is -2.15. The summed E-state index contributed by atoms with van der Waals surface area (Å²) in [4.78, 5) is 4.16. The van der Waals surface area contributed by atoms with Gasteiger partial charge in [0.25, 0.3) is 0 Å². The second-order valence-electron chi connectivity index (χ2n) is 4.56. The largest absolute Gasteiger partial charge is 0.383 e. The van der Waals surface area contributed by atoms with Gasteiger partial charge in [-0.25, -0.2) is 4.98 Å². The third-order valence-electron chi connectivity index (χ3n) is 3.17. The highest BCUT2D eigenvalue weighted by atomic mass is 14.8. The third-order valence-corrected chi connectivity index (χ3v) is 3.17. The van der Waals surface area contributed by atoms with E-state index in [1.807, 2.05) is 13.0 Å². The minimum atomic E-state index is -0.219. The zero-order valence-electron chi connectivity index (χ0n) is 10.9. The van der Waals surface area contributed by atoms with Crippen LogP contribution >= 0.6 is 0 Å². The number of aryl methyl sites for hydroxylation is 2. The van der Waals surface area contributed by atoms with Gasteiger partial charge in [0.05, 0.1) is 6.04 Å². The number of pyridine rings is 1. The molecule has 1 heterocycles. The first-order valence-electron chi connectivity index (χ1n) is 6.18. The molecular formula is C15H19N3. The predicted molar refractivity (Wildman–Crippen MR) is 75.2 cm³/mol. The Morgan fingerprint density at radius 2 is 1.89 bits per heavy atom. The fraction of sp³-hybridized carbons (Fsp3) is 0.267. The summed E-state index contributed by atoms with van der Waals surface area (Å²) in [5, 5.41) is 0. The van der Waals surface area contributed by atoms with Crippen molar-refractivity contribution in [1.29, 1.82) is 0 Å². The Morgan fingerprint density at radius 3 is 2.50 bits per heavy atom. The van der Waals surface area contributed by atoms with Crippen molar-refractivity contribution in [1.82, 2.24) is 4.98 Å². The van der Waals surface area contributed by atoms with Crippen LogP contribution in [0.4, 0.5) is 5.82 Å². The summed E-state index contributed by atoms with van der Waals surface area (Å²) < 4.78 is 0. The Labute approximate surface area is 108 Å².